The van der Waals surface area contributed by atoms with Gasteiger partial charge in [-0.25, -0.2) is 0 Å². The first kappa shape index (κ1) is 11.2. The van der Waals surface area contributed by atoms with Crippen LogP contribution in [0.3, 0.4) is 0 Å². The summed E-state index contributed by atoms with van der Waals surface area (Å²) in [6.07, 6.45) is 0. The molecule has 2 aromatic rings. The SMILES string of the molecule is CN(c1ccccc1)C(CN)c1ccsc1. The highest BCUT2D eigenvalue weighted by atomic mass is 32.1. The molecule has 2 rings (SSSR count). The molecular formula is C13H16N2S. The highest BCUT2D eigenvalue weighted by molar-refractivity contribution is 7.08. The zero-order chi connectivity index (χ0) is 11.4. The Morgan fingerprint density at radius 1 is 1.25 bits per heavy atom. The zero-order valence-electron chi connectivity index (χ0n) is 9.34. The van der Waals surface area contributed by atoms with Crippen LogP contribution in [-0.4, -0.2) is 13.6 Å². The van der Waals surface area contributed by atoms with E-state index in [2.05, 4.69) is 40.9 Å². The molecular weight excluding hydrogens is 216 g/mol. The zero-order valence-corrected chi connectivity index (χ0v) is 10.2. The van der Waals surface area contributed by atoms with Crippen molar-refractivity contribution in [3.8, 4) is 0 Å². The van der Waals surface area contributed by atoms with Crippen molar-refractivity contribution < 1.29 is 0 Å². The van der Waals surface area contributed by atoms with Crippen LogP contribution in [0.5, 0.6) is 0 Å². The van der Waals surface area contributed by atoms with E-state index in [9.17, 15) is 0 Å². The number of hydrogen-bond donors (Lipinski definition) is 1. The fourth-order valence-corrected chi connectivity index (χ4v) is 2.53. The number of hydrogen-bond acceptors (Lipinski definition) is 3. The third kappa shape index (κ3) is 2.26. The second-order valence-electron chi connectivity index (χ2n) is 3.75. The van der Waals surface area contributed by atoms with Gasteiger partial charge in [-0.15, -0.1) is 0 Å². The Kier molecular flexibility index (Phi) is 3.59. The van der Waals surface area contributed by atoms with E-state index in [0.717, 1.165) is 0 Å². The topological polar surface area (TPSA) is 29.3 Å². The van der Waals surface area contributed by atoms with Gasteiger partial charge in [0.05, 0.1) is 6.04 Å². The van der Waals surface area contributed by atoms with Gasteiger partial charge in [-0.1, -0.05) is 18.2 Å². The van der Waals surface area contributed by atoms with E-state index in [1.807, 2.05) is 18.2 Å². The minimum absolute atomic E-state index is 0.258. The van der Waals surface area contributed by atoms with Gasteiger partial charge in [-0.05, 0) is 34.5 Å². The molecule has 2 N–H and O–H groups in total. The average Bonchev–Trinajstić information content (AvgIpc) is 2.85. The van der Waals surface area contributed by atoms with Crippen molar-refractivity contribution >= 4 is 17.0 Å². The summed E-state index contributed by atoms with van der Waals surface area (Å²) in [5.41, 5.74) is 8.35. The second-order valence-corrected chi connectivity index (χ2v) is 4.53. The van der Waals surface area contributed by atoms with Crippen molar-refractivity contribution in [1.82, 2.24) is 0 Å². The third-order valence-corrected chi connectivity index (χ3v) is 3.48. The number of rotatable bonds is 4. The highest BCUT2D eigenvalue weighted by Crippen LogP contribution is 2.25. The molecule has 0 spiro atoms. The van der Waals surface area contributed by atoms with E-state index >= 15 is 0 Å². The lowest BCUT2D eigenvalue weighted by Gasteiger charge is -2.28. The van der Waals surface area contributed by atoms with Crippen molar-refractivity contribution in [2.45, 2.75) is 6.04 Å². The van der Waals surface area contributed by atoms with E-state index in [4.69, 9.17) is 5.73 Å². The molecule has 0 saturated heterocycles. The fourth-order valence-electron chi connectivity index (χ4n) is 1.83. The van der Waals surface area contributed by atoms with Gasteiger partial charge in [0.2, 0.25) is 0 Å². The first-order chi connectivity index (χ1) is 7.83. The molecule has 1 atom stereocenters. The van der Waals surface area contributed by atoms with Crippen LogP contribution in [0.2, 0.25) is 0 Å². The Balaban J connectivity index is 2.23. The first-order valence-electron chi connectivity index (χ1n) is 5.33. The Hall–Kier alpha value is -1.32. The second kappa shape index (κ2) is 5.14. The van der Waals surface area contributed by atoms with Crippen LogP contribution in [0.1, 0.15) is 11.6 Å². The largest absolute Gasteiger partial charge is 0.366 e. The lowest BCUT2D eigenvalue weighted by Crippen LogP contribution is -2.29. The molecule has 1 unspecified atom stereocenters. The monoisotopic (exact) mass is 232 g/mol. The normalized spacial score (nSPS) is 12.4. The maximum Gasteiger partial charge on any atom is 0.0669 e. The summed E-state index contributed by atoms with van der Waals surface area (Å²) < 4.78 is 0. The number of nitrogens with zero attached hydrogens (tertiary/aromatic N) is 1. The molecule has 1 heterocycles. The molecule has 84 valence electrons. The molecule has 0 aliphatic rings. The molecule has 0 amide bonds. The van der Waals surface area contributed by atoms with Gasteiger partial charge in [-0.3, -0.25) is 0 Å². The number of anilines is 1. The predicted octanol–water partition coefficient (Wildman–Crippen LogP) is 2.88. The third-order valence-electron chi connectivity index (χ3n) is 2.78. The van der Waals surface area contributed by atoms with Gasteiger partial charge >= 0.3 is 0 Å². The Morgan fingerprint density at radius 2 is 2.00 bits per heavy atom. The molecule has 0 saturated carbocycles. The molecule has 1 aromatic carbocycles. The quantitative estimate of drug-likeness (QED) is 0.878. The smallest absolute Gasteiger partial charge is 0.0669 e. The number of thiophene rings is 1. The van der Waals surface area contributed by atoms with E-state index in [1.165, 1.54) is 11.3 Å². The van der Waals surface area contributed by atoms with Crippen molar-refractivity contribution in [3.63, 3.8) is 0 Å². The van der Waals surface area contributed by atoms with E-state index in [0.29, 0.717) is 6.54 Å². The Labute approximate surface area is 100 Å². The Bertz CT molecular complexity index is 411. The predicted molar refractivity (Wildman–Crippen MR) is 71.0 cm³/mol. The fraction of sp³-hybridized carbons (Fsp3) is 0.231. The van der Waals surface area contributed by atoms with Crippen LogP contribution in [0.25, 0.3) is 0 Å². The number of nitrogens with two attached hydrogens (primary N) is 1. The molecule has 0 radical (unpaired) electrons. The van der Waals surface area contributed by atoms with Gasteiger partial charge < -0.3 is 10.6 Å². The summed E-state index contributed by atoms with van der Waals surface area (Å²) in [6, 6.07) is 12.7. The molecule has 0 bridgehead atoms. The van der Waals surface area contributed by atoms with Crippen LogP contribution >= 0.6 is 11.3 Å². The highest BCUT2D eigenvalue weighted by Gasteiger charge is 2.15. The molecule has 0 fully saturated rings. The van der Waals surface area contributed by atoms with Crippen LogP contribution in [-0.2, 0) is 0 Å². The standard InChI is InChI=1S/C13H16N2S/c1-15(12-5-3-2-4-6-12)13(9-14)11-7-8-16-10-11/h2-8,10,13H,9,14H2,1H3. The Morgan fingerprint density at radius 3 is 2.56 bits per heavy atom. The molecule has 3 heteroatoms. The van der Waals surface area contributed by atoms with Crippen molar-refractivity contribution in [1.29, 1.82) is 0 Å². The maximum atomic E-state index is 5.87. The summed E-state index contributed by atoms with van der Waals surface area (Å²) in [4.78, 5) is 2.22. The summed E-state index contributed by atoms with van der Waals surface area (Å²) >= 11 is 1.71. The lowest BCUT2D eigenvalue weighted by atomic mass is 10.1. The van der Waals surface area contributed by atoms with E-state index in [-0.39, 0.29) is 6.04 Å². The van der Waals surface area contributed by atoms with Gasteiger partial charge in [0.25, 0.3) is 0 Å². The lowest BCUT2D eigenvalue weighted by molar-refractivity contribution is 0.683. The molecule has 16 heavy (non-hydrogen) atoms. The van der Waals surface area contributed by atoms with Gasteiger partial charge in [-0.2, -0.15) is 11.3 Å². The maximum absolute atomic E-state index is 5.87. The number of para-hydroxylation sites is 1. The summed E-state index contributed by atoms with van der Waals surface area (Å²) in [5.74, 6) is 0. The van der Waals surface area contributed by atoms with Crippen molar-refractivity contribution in [2.75, 3.05) is 18.5 Å². The van der Waals surface area contributed by atoms with Crippen LogP contribution in [0.15, 0.2) is 47.2 Å². The molecule has 0 aliphatic heterocycles. The summed E-state index contributed by atoms with van der Waals surface area (Å²) in [6.45, 7) is 0.627. The number of likely N-dealkylation sites (N-methyl/N-ethyl adjacent to an activating group) is 1. The first-order valence-corrected chi connectivity index (χ1v) is 6.27. The van der Waals surface area contributed by atoms with Crippen molar-refractivity contribution in [3.05, 3.63) is 52.7 Å². The minimum atomic E-state index is 0.258. The van der Waals surface area contributed by atoms with E-state index < -0.39 is 0 Å². The van der Waals surface area contributed by atoms with Crippen LogP contribution in [0.4, 0.5) is 5.69 Å². The average molecular weight is 232 g/mol. The van der Waals surface area contributed by atoms with Crippen LogP contribution in [0, 0.1) is 0 Å². The van der Waals surface area contributed by atoms with Gasteiger partial charge in [0.15, 0.2) is 0 Å². The summed E-state index contributed by atoms with van der Waals surface area (Å²) in [7, 11) is 2.09. The molecule has 2 nitrogen and oxygen atoms in total. The molecule has 0 aliphatic carbocycles. The van der Waals surface area contributed by atoms with Crippen molar-refractivity contribution in [2.24, 2.45) is 5.73 Å². The molecule has 1 aromatic heterocycles. The van der Waals surface area contributed by atoms with Crippen LogP contribution < -0.4 is 10.6 Å². The van der Waals surface area contributed by atoms with Gasteiger partial charge in [0.1, 0.15) is 0 Å². The number of benzene rings is 1. The van der Waals surface area contributed by atoms with E-state index in [1.54, 1.807) is 11.3 Å². The minimum Gasteiger partial charge on any atom is -0.366 e. The van der Waals surface area contributed by atoms with Gasteiger partial charge in [0, 0.05) is 19.3 Å². The summed E-state index contributed by atoms with van der Waals surface area (Å²) in [5, 5.41) is 4.26.